The SMILES string of the molecule is C/C=N/N1CCC(Oc2ccc(C[C@@H](COc3c(OC(=O)C(F)(F)F)ccc(C(=N)N)c3OC(=O)C(F)(F)F)NS(=O)(=O)c3ccccc3)cc2)CC1. The average Bonchev–Trinajstić information content (AvgIpc) is 3.09. The van der Waals surface area contributed by atoms with Crippen LogP contribution < -0.4 is 29.4 Å². The van der Waals surface area contributed by atoms with Gasteiger partial charge in [-0.15, -0.1) is 0 Å². The zero-order chi connectivity index (χ0) is 39.0. The maximum atomic E-state index is 13.3. The summed E-state index contributed by atoms with van der Waals surface area (Å²) in [5.74, 6) is -9.89. The highest BCUT2D eigenvalue weighted by Crippen LogP contribution is 2.42. The molecule has 4 N–H and O–H groups in total. The number of nitrogens with zero attached hydrogens (tertiary/aromatic N) is 2. The average molecular weight is 774 g/mol. The molecule has 0 spiro atoms. The Morgan fingerprint density at radius 3 is 2.11 bits per heavy atom. The van der Waals surface area contributed by atoms with E-state index in [0.29, 0.717) is 49.4 Å². The third-order valence-corrected chi connectivity index (χ3v) is 8.97. The van der Waals surface area contributed by atoms with Crippen LogP contribution in [0.1, 0.15) is 30.9 Å². The van der Waals surface area contributed by atoms with Crippen molar-refractivity contribution in [2.75, 3.05) is 19.7 Å². The van der Waals surface area contributed by atoms with Crippen molar-refractivity contribution in [2.24, 2.45) is 10.8 Å². The monoisotopic (exact) mass is 773 g/mol. The van der Waals surface area contributed by atoms with Crippen molar-refractivity contribution in [1.29, 1.82) is 5.41 Å². The van der Waals surface area contributed by atoms with Crippen LogP contribution in [0.15, 0.2) is 76.7 Å². The van der Waals surface area contributed by atoms with Crippen molar-refractivity contribution in [1.82, 2.24) is 9.73 Å². The number of hydrogen-bond donors (Lipinski definition) is 3. The Hall–Kier alpha value is -5.37. The number of esters is 2. The Labute approximate surface area is 299 Å². The molecule has 20 heteroatoms. The van der Waals surface area contributed by atoms with Gasteiger partial charge in [0.2, 0.25) is 15.8 Å². The third-order valence-electron chi connectivity index (χ3n) is 7.44. The number of nitrogens with one attached hydrogen (secondary N) is 2. The van der Waals surface area contributed by atoms with Gasteiger partial charge in [0, 0.05) is 32.1 Å². The van der Waals surface area contributed by atoms with Gasteiger partial charge in [0.1, 0.15) is 24.3 Å². The van der Waals surface area contributed by atoms with E-state index >= 15 is 0 Å². The maximum absolute atomic E-state index is 13.3. The zero-order valence-electron chi connectivity index (χ0n) is 27.7. The number of rotatable bonds is 14. The lowest BCUT2D eigenvalue weighted by molar-refractivity contribution is -0.190. The lowest BCUT2D eigenvalue weighted by atomic mass is 10.1. The minimum absolute atomic E-state index is 0.0879. The Balaban J connectivity index is 1.67. The Morgan fingerprint density at radius 2 is 1.55 bits per heavy atom. The number of ether oxygens (including phenoxy) is 4. The predicted octanol–water partition coefficient (Wildman–Crippen LogP) is 4.72. The number of benzene rings is 3. The summed E-state index contributed by atoms with van der Waals surface area (Å²) in [6.45, 7) is 2.34. The van der Waals surface area contributed by atoms with Gasteiger partial charge in [0.15, 0.2) is 11.5 Å². The van der Waals surface area contributed by atoms with Crippen LogP contribution >= 0.6 is 0 Å². The Bertz CT molecular complexity index is 1900. The van der Waals surface area contributed by atoms with E-state index < -0.39 is 75.6 Å². The molecule has 13 nitrogen and oxygen atoms in total. The van der Waals surface area contributed by atoms with E-state index in [0.717, 1.165) is 0 Å². The van der Waals surface area contributed by atoms with Gasteiger partial charge in [-0.05, 0) is 55.3 Å². The van der Waals surface area contributed by atoms with Crippen LogP contribution in [-0.2, 0) is 26.0 Å². The second kappa shape index (κ2) is 17.0. The van der Waals surface area contributed by atoms with Crippen LogP contribution in [0.5, 0.6) is 23.0 Å². The molecule has 53 heavy (non-hydrogen) atoms. The van der Waals surface area contributed by atoms with Gasteiger partial charge in [-0.1, -0.05) is 30.3 Å². The van der Waals surface area contributed by atoms with Gasteiger partial charge in [-0.2, -0.15) is 31.4 Å². The number of piperidine rings is 1. The minimum atomic E-state index is -5.64. The number of hydrogen-bond acceptors (Lipinski definition) is 11. The van der Waals surface area contributed by atoms with E-state index in [1.54, 1.807) is 36.5 Å². The summed E-state index contributed by atoms with van der Waals surface area (Å²) in [6, 6.07) is 13.4. The summed E-state index contributed by atoms with van der Waals surface area (Å²) in [5.41, 5.74) is 5.17. The molecule has 1 fully saturated rings. The second-order valence-corrected chi connectivity index (χ2v) is 13.1. The van der Waals surface area contributed by atoms with Gasteiger partial charge in [0.25, 0.3) is 0 Å². The van der Waals surface area contributed by atoms with Crippen molar-refractivity contribution >= 4 is 34.0 Å². The van der Waals surface area contributed by atoms with Crippen LogP contribution in [0.25, 0.3) is 0 Å². The molecule has 0 aromatic heterocycles. The van der Waals surface area contributed by atoms with Gasteiger partial charge in [0.05, 0.1) is 16.5 Å². The lowest BCUT2D eigenvalue weighted by Crippen LogP contribution is -2.40. The number of amidine groups is 1. The highest BCUT2D eigenvalue weighted by atomic mass is 32.2. The number of halogens is 6. The highest BCUT2D eigenvalue weighted by molar-refractivity contribution is 7.89. The smallest absolute Gasteiger partial charge is 0.490 e. The number of hydrazone groups is 1. The number of alkyl halides is 6. The second-order valence-electron chi connectivity index (χ2n) is 11.4. The molecule has 0 aliphatic carbocycles. The molecule has 3 aromatic rings. The van der Waals surface area contributed by atoms with Crippen molar-refractivity contribution in [3.8, 4) is 23.0 Å². The summed E-state index contributed by atoms with van der Waals surface area (Å²) in [4.78, 5) is 23.4. The molecule has 1 atom stereocenters. The number of carbonyl (C=O) groups is 2. The molecular formula is C33H33F6N5O8S. The molecule has 3 aromatic carbocycles. The van der Waals surface area contributed by atoms with E-state index in [1.165, 1.54) is 24.3 Å². The quantitative estimate of drug-likeness (QED) is 0.0682. The molecule has 4 rings (SSSR count). The van der Waals surface area contributed by atoms with E-state index in [4.69, 9.17) is 20.6 Å². The molecule has 0 bridgehead atoms. The Morgan fingerprint density at radius 1 is 0.943 bits per heavy atom. The molecule has 286 valence electrons. The number of carbonyl (C=O) groups excluding carboxylic acids is 2. The fourth-order valence-corrected chi connectivity index (χ4v) is 6.25. The van der Waals surface area contributed by atoms with E-state index in [2.05, 4.69) is 19.3 Å². The zero-order valence-corrected chi connectivity index (χ0v) is 28.6. The van der Waals surface area contributed by atoms with E-state index in [-0.39, 0.29) is 17.4 Å². The molecule has 0 saturated carbocycles. The summed E-state index contributed by atoms with van der Waals surface area (Å²) in [5, 5.41) is 13.9. The minimum Gasteiger partial charge on any atom is -0.490 e. The van der Waals surface area contributed by atoms with Gasteiger partial charge < -0.3 is 24.7 Å². The van der Waals surface area contributed by atoms with Crippen LogP contribution in [0.4, 0.5) is 26.3 Å². The normalized spacial score (nSPS) is 14.8. The summed E-state index contributed by atoms with van der Waals surface area (Å²) in [6.07, 6.45) is -8.38. The maximum Gasteiger partial charge on any atom is 0.491 e. The predicted molar refractivity (Wildman–Crippen MR) is 176 cm³/mol. The molecule has 1 aliphatic rings. The van der Waals surface area contributed by atoms with Gasteiger partial charge in [-0.3, -0.25) is 10.4 Å². The van der Waals surface area contributed by atoms with E-state index in [9.17, 15) is 44.3 Å². The van der Waals surface area contributed by atoms with Crippen molar-refractivity contribution in [2.45, 2.75) is 55.6 Å². The standard InChI is InChI=1S/C33H33F6N5O8S/c1-2-42-44-16-14-23(15-17-44)50-22-10-8-20(9-11-22)18-21(43-53(47,48)24-6-4-3-5-7-24)19-49-28-26(51-30(45)32(34,35)36)13-12-25(29(40)41)27(28)52-31(46)33(37,38)39/h2-13,21,23,43H,14-19H2,1H3,(H3,40,41)/b42-2+/t21-/m0/s1. The molecular weight excluding hydrogens is 740 g/mol. The third kappa shape index (κ3) is 11.3. The fourth-order valence-electron chi connectivity index (χ4n) is 5.01. The van der Waals surface area contributed by atoms with Crippen molar-refractivity contribution in [3.05, 3.63) is 77.9 Å². The first kappa shape index (κ1) is 40.4. The summed E-state index contributed by atoms with van der Waals surface area (Å²) >= 11 is 0. The molecule has 1 aliphatic heterocycles. The van der Waals surface area contributed by atoms with Crippen molar-refractivity contribution < 1.29 is 63.3 Å². The van der Waals surface area contributed by atoms with Crippen LogP contribution in [0.3, 0.4) is 0 Å². The Kier molecular flexibility index (Phi) is 12.9. The lowest BCUT2D eigenvalue weighted by Gasteiger charge is -2.30. The topological polar surface area (TPSA) is 183 Å². The van der Waals surface area contributed by atoms with Crippen LogP contribution in [0, 0.1) is 5.41 Å². The van der Waals surface area contributed by atoms with E-state index in [1.807, 2.05) is 11.9 Å². The van der Waals surface area contributed by atoms with Gasteiger partial charge in [-0.25, -0.2) is 22.7 Å². The molecule has 0 amide bonds. The summed E-state index contributed by atoms with van der Waals surface area (Å²) < 4.78 is 129. The first-order chi connectivity index (χ1) is 24.9. The first-order valence-corrected chi connectivity index (χ1v) is 17.1. The highest BCUT2D eigenvalue weighted by Gasteiger charge is 2.44. The van der Waals surface area contributed by atoms with Crippen LogP contribution in [-0.4, -0.2) is 81.6 Å². The number of sulfonamides is 1. The van der Waals surface area contributed by atoms with Crippen molar-refractivity contribution in [3.63, 3.8) is 0 Å². The number of nitrogen functional groups attached to an aromatic ring is 1. The molecule has 1 heterocycles. The summed E-state index contributed by atoms with van der Waals surface area (Å²) in [7, 11) is -4.33. The fraction of sp³-hybridized carbons (Fsp3) is 0.333. The molecule has 1 saturated heterocycles. The van der Waals surface area contributed by atoms with Gasteiger partial charge >= 0.3 is 24.3 Å². The van der Waals surface area contributed by atoms with Crippen LogP contribution in [0.2, 0.25) is 0 Å². The molecule has 0 unspecified atom stereocenters. The largest absolute Gasteiger partial charge is 0.491 e. The first-order valence-electron chi connectivity index (χ1n) is 15.7. The number of nitrogens with two attached hydrogens (primary N) is 1. The molecule has 0 radical (unpaired) electrons.